The van der Waals surface area contributed by atoms with Crippen LogP contribution in [0.2, 0.25) is 0 Å². The van der Waals surface area contributed by atoms with E-state index in [4.69, 9.17) is 5.11 Å². The minimum absolute atomic E-state index is 0.00931. The number of rotatable bonds is 5. The molecule has 0 aliphatic carbocycles. The second-order valence-electron chi connectivity index (χ2n) is 4.49. The van der Waals surface area contributed by atoms with Gasteiger partial charge in [-0.1, -0.05) is 6.07 Å². The van der Waals surface area contributed by atoms with Crippen molar-refractivity contribution in [2.45, 2.75) is 17.7 Å². The summed E-state index contributed by atoms with van der Waals surface area (Å²) < 4.78 is 25.9. The fraction of sp³-hybridized carbons (Fsp3) is 0.231. The lowest BCUT2D eigenvalue weighted by molar-refractivity contribution is 0.0697. The van der Waals surface area contributed by atoms with Crippen LogP contribution in [0.15, 0.2) is 33.9 Å². The topological polar surface area (TPSA) is 87.6 Å². The van der Waals surface area contributed by atoms with Gasteiger partial charge in [-0.05, 0) is 25.1 Å². The number of carbonyl (C=O) groups is 1. The Hall–Kier alpha value is -1.77. The first kappa shape index (κ1) is 15.6. The predicted molar refractivity (Wildman–Crippen MR) is 78.9 cm³/mol. The van der Waals surface area contributed by atoms with Crippen molar-refractivity contribution in [2.24, 2.45) is 0 Å². The lowest BCUT2D eigenvalue weighted by atomic mass is 10.3. The van der Waals surface area contributed by atoms with E-state index in [2.05, 4.69) is 4.98 Å². The van der Waals surface area contributed by atoms with E-state index in [0.29, 0.717) is 5.69 Å². The molecule has 0 atom stereocenters. The molecule has 0 saturated carbocycles. The Labute approximate surface area is 126 Å². The highest BCUT2D eigenvalue weighted by molar-refractivity contribution is 7.91. The molecule has 2 aromatic heterocycles. The molecule has 1 N–H and O–H groups in total. The zero-order valence-corrected chi connectivity index (χ0v) is 13.1. The van der Waals surface area contributed by atoms with Crippen molar-refractivity contribution >= 4 is 27.3 Å². The van der Waals surface area contributed by atoms with Crippen LogP contribution in [-0.2, 0) is 16.6 Å². The molecular formula is C13H14N2O4S2. The van der Waals surface area contributed by atoms with Gasteiger partial charge in [0.2, 0.25) is 0 Å². The molecule has 0 bridgehead atoms. The number of nitrogens with zero attached hydrogens (tertiary/aromatic N) is 2. The summed E-state index contributed by atoms with van der Waals surface area (Å²) in [7, 11) is -2.27. The third-order valence-electron chi connectivity index (χ3n) is 2.82. The number of carboxylic acid groups (broad SMARTS) is 1. The number of carboxylic acids is 1. The molecule has 0 radical (unpaired) electrons. The van der Waals surface area contributed by atoms with Crippen LogP contribution in [0.4, 0.5) is 0 Å². The van der Waals surface area contributed by atoms with E-state index >= 15 is 0 Å². The summed E-state index contributed by atoms with van der Waals surface area (Å²) in [6.45, 7) is 1.96. The minimum atomic E-state index is -3.71. The molecule has 2 heterocycles. The zero-order valence-electron chi connectivity index (χ0n) is 11.5. The molecule has 0 aliphatic heterocycles. The molecule has 2 rings (SSSR count). The van der Waals surface area contributed by atoms with Gasteiger partial charge in [0, 0.05) is 18.1 Å². The average molecular weight is 326 g/mol. The van der Waals surface area contributed by atoms with Crippen LogP contribution >= 0.6 is 11.3 Å². The van der Waals surface area contributed by atoms with Crippen molar-refractivity contribution in [3.63, 3.8) is 0 Å². The molecule has 0 saturated heterocycles. The van der Waals surface area contributed by atoms with Crippen LogP contribution < -0.4 is 0 Å². The first-order valence-electron chi connectivity index (χ1n) is 6.01. The largest absolute Gasteiger partial charge is 0.478 e. The molecule has 0 fully saturated rings. The maximum absolute atomic E-state index is 12.4. The number of aromatic nitrogens is 1. The molecule has 6 nitrogen and oxygen atoms in total. The van der Waals surface area contributed by atoms with Crippen LogP contribution in [0.1, 0.15) is 21.7 Å². The molecule has 0 amide bonds. The van der Waals surface area contributed by atoms with Gasteiger partial charge in [-0.25, -0.2) is 13.2 Å². The molecule has 0 aliphatic rings. The van der Waals surface area contributed by atoms with Crippen LogP contribution in [-0.4, -0.2) is 35.8 Å². The van der Waals surface area contributed by atoms with Gasteiger partial charge < -0.3 is 5.11 Å². The first-order chi connectivity index (χ1) is 9.80. The number of pyridine rings is 1. The van der Waals surface area contributed by atoms with Gasteiger partial charge in [-0.3, -0.25) is 4.98 Å². The molecule has 0 spiro atoms. The predicted octanol–water partition coefficient (Wildman–Crippen LogP) is 1.97. The summed E-state index contributed by atoms with van der Waals surface area (Å²) in [4.78, 5) is 15.1. The Kier molecular flexibility index (Phi) is 4.40. The lowest BCUT2D eigenvalue weighted by Gasteiger charge is -2.15. The van der Waals surface area contributed by atoms with E-state index < -0.39 is 16.0 Å². The summed E-state index contributed by atoms with van der Waals surface area (Å²) >= 11 is 0.896. The van der Waals surface area contributed by atoms with Crippen molar-refractivity contribution in [2.75, 3.05) is 7.05 Å². The van der Waals surface area contributed by atoms with Gasteiger partial charge in [0.05, 0.1) is 17.8 Å². The number of aryl methyl sites for hydroxylation is 1. The minimum Gasteiger partial charge on any atom is -0.478 e. The summed E-state index contributed by atoms with van der Waals surface area (Å²) in [6.07, 6.45) is 0. The Balaban J connectivity index is 2.23. The fourth-order valence-corrected chi connectivity index (χ4v) is 4.22. The summed E-state index contributed by atoms with van der Waals surface area (Å²) in [5.74, 6) is -1.14. The maximum Gasteiger partial charge on any atom is 0.336 e. The van der Waals surface area contributed by atoms with Crippen molar-refractivity contribution in [1.29, 1.82) is 0 Å². The van der Waals surface area contributed by atoms with E-state index in [1.807, 2.05) is 19.1 Å². The zero-order chi connectivity index (χ0) is 15.6. The van der Waals surface area contributed by atoms with Crippen molar-refractivity contribution in [3.05, 3.63) is 46.6 Å². The smallest absolute Gasteiger partial charge is 0.336 e. The van der Waals surface area contributed by atoms with Crippen molar-refractivity contribution < 1.29 is 18.3 Å². The Morgan fingerprint density at radius 3 is 2.71 bits per heavy atom. The second kappa shape index (κ2) is 5.92. The highest BCUT2D eigenvalue weighted by atomic mass is 32.2. The van der Waals surface area contributed by atoms with Gasteiger partial charge in [-0.15, -0.1) is 11.3 Å². The van der Waals surface area contributed by atoms with Gasteiger partial charge in [0.1, 0.15) is 4.21 Å². The molecule has 8 heteroatoms. The molecule has 0 unspecified atom stereocenters. The van der Waals surface area contributed by atoms with E-state index in [0.717, 1.165) is 21.3 Å². The summed E-state index contributed by atoms with van der Waals surface area (Å²) in [6, 6.07) is 6.56. The fourth-order valence-electron chi connectivity index (χ4n) is 1.72. The molecule has 0 aromatic carbocycles. The molecule has 2 aromatic rings. The number of sulfonamides is 1. The number of aromatic carboxylic acids is 1. The third kappa shape index (κ3) is 3.46. The van der Waals surface area contributed by atoms with Gasteiger partial charge in [0.25, 0.3) is 10.0 Å². The van der Waals surface area contributed by atoms with Crippen molar-refractivity contribution in [3.8, 4) is 0 Å². The second-order valence-corrected chi connectivity index (χ2v) is 7.67. The third-order valence-corrected chi connectivity index (χ3v) is 6.04. The van der Waals surface area contributed by atoms with Gasteiger partial charge in [-0.2, -0.15) is 4.31 Å². The van der Waals surface area contributed by atoms with Crippen molar-refractivity contribution in [1.82, 2.24) is 9.29 Å². The van der Waals surface area contributed by atoms with E-state index in [-0.39, 0.29) is 16.3 Å². The van der Waals surface area contributed by atoms with Gasteiger partial charge >= 0.3 is 5.97 Å². The number of hydrogen-bond donors (Lipinski definition) is 1. The summed E-state index contributed by atoms with van der Waals surface area (Å²) in [5, 5.41) is 10.2. The highest BCUT2D eigenvalue weighted by Crippen LogP contribution is 2.24. The average Bonchev–Trinajstić information content (AvgIpc) is 2.89. The normalized spacial score (nSPS) is 11.8. The van der Waals surface area contributed by atoms with Crippen LogP contribution in [0.5, 0.6) is 0 Å². The van der Waals surface area contributed by atoms with E-state index in [9.17, 15) is 13.2 Å². The SMILES string of the molecule is Cc1cccc(CN(C)S(=O)(=O)c2cc(C(=O)O)cs2)n1. The Bertz CT molecular complexity index is 768. The monoisotopic (exact) mass is 326 g/mol. The quantitative estimate of drug-likeness (QED) is 0.907. The van der Waals surface area contributed by atoms with Gasteiger partial charge in [0.15, 0.2) is 0 Å². The Morgan fingerprint density at radius 2 is 2.14 bits per heavy atom. The Morgan fingerprint density at radius 1 is 1.43 bits per heavy atom. The lowest BCUT2D eigenvalue weighted by Crippen LogP contribution is -2.26. The van der Waals surface area contributed by atoms with E-state index in [1.165, 1.54) is 18.5 Å². The first-order valence-corrected chi connectivity index (χ1v) is 8.33. The molecular weight excluding hydrogens is 312 g/mol. The maximum atomic E-state index is 12.4. The van der Waals surface area contributed by atoms with Crippen LogP contribution in [0.3, 0.4) is 0 Å². The number of thiophene rings is 1. The van der Waals surface area contributed by atoms with Crippen LogP contribution in [0.25, 0.3) is 0 Å². The molecule has 112 valence electrons. The van der Waals surface area contributed by atoms with Crippen LogP contribution in [0, 0.1) is 6.92 Å². The standard InChI is InChI=1S/C13H14N2O4S2/c1-9-4-3-5-11(14-9)7-15(2)21(18,19)12-6-10(8-20-12)13(16)17/h3-6,8H,7H2,1-2H3,(H,16,17). The number of hydrogen-bond acceptors (Lipinski definition) is 5. The summed E-state index contributed by atoms with van der Waals surface area (Å²) in [5.41, 5.74) is 1.42. The highest BCUT2D eigenvalue weighted by Gasteiger charge is 2.24. The van der Waals surface area contributed by atoms with E-state index in [1.54, 1.807) is 6.07 Å². The molecule has 21 heavy (non-hydrogen) atoms.